The van der Waals surface area contributed by atoms with Gasteiger partial charge in [-0.15, -0.1) is 0 Å². The maximum atomic E-state index is 11.6. The van der Waals surface area contributed by atoms with Crippen molar-refractivity contribution in [3.63, 3.8) is 0 Å². The summed E-state index contributed by atoms with van der Waals surface area (Å²) in [5.74, 6) is 0.489. The summed E-state index contributed by atoms with van der Waals surface area (Å²) in [7, 11) is -2.89. The fourth-order valence-electron chi connectivity index (χ4n) is 2.05. The Balaban J connectivity index is 2.84. The van der Waals surface area contributed by atoms with Crippen LogP contribution < -0.4 is 0 Å². The minimum atomic E-state index is -2.89. The van der Waals surface area contributed by atoms with Crippen molar-refractivity contribution in [3.05, 3.63) is 34.3 Å². The first-order valence-corrected chi connectivity index (χ1v) is 11.3. The van der Waals surface area contributed by atoms with Crippen molar-refractivity contribution in [3.8, 4) is 0 Å². The van der Waals surface area contributed by atoms with Gasteiger partial charge in [0.25, 0.3) is 0 Å². The van der Waals surface area contributed by atoms with E-state index in [-0.39, 0.29) is 16.9 Å². The fourth-order valence-corrected chi connectivity index (χ4v) is 5.32. The molecular weight excluding hydrogens is 472 g/mol. The molecule has 0 amide bonds. The van der Waals surface area contributed by atoms with E-state index in [4.69, 9.17) is 0 Å². The molecule has 1 aromatic carbocycles. The maximum absolute atomic E-state index is 11.6. The highest BCUT2D eigenvalue weighted by molar-refractivity contribution is 9.10. The van der Waals surface area contributed by atoms with Crippen molar-refractivity contribution in [2.45, 2.75) is 25.2 Å². The molecule has 0 unspecified atom stereocenters. The molecule has 0 aliphatic heterocycles. The van der Waals surface area contributed by atoms with Gasteiger partial charge in [0.15, 0.2) is 0 Å². The summed E-state index contributed by atoms with van der Waals surface area (Å²) < 4.78 is 24.3. The molecule has 114 valence electrons. The zero-order chi connectivity index (χ0) is 15.2. The average molecular weight is 491 g/mol. The quantitative estimate of drug-likeness (QED) is 0.495. The summed E-state index contributed by atoms with van der Waals surface area (Å²) >= 11 is 10.6. The average Bonchev–Trinajstić information content (AvgIpc) is 2.45. The lowest BCUT2D eigenvalue weighted by Crippen LogP contribution is -2.31. The molecule has 0 bridgehead atoms. The summed E-state index contributed by atoms with van der Waals surface area (Å²) in [5, 5.41) is 1.61. The van der Waals surface area contributed by atoms with E-state index < -0.39 is 9.84 Å². The normalized spacial score (nSPS) is 12.6. The second kappa shape index (κ2) is 8.30. The Morgan fingerprint density at radius 2 is 1.65 bits per heavy atom. The first-order chi connectivity index (χ1) is 9.39. The number of benzene rings is 1. The van der Waals surface area contributed by atoms with Gasteiger partial charge in [0, 0.05) is 26.3 Å². The molecule has 0 N–H and O–H groups in total. The summed E-state index contributed by atoms with van der Waals surface area (Å²) in [4.78, 5) is 0. The minimum Gasteiger partial charge on any atom is -0.229 e. The van der Waals surface area contributed by atoms with Crippen molar-refractivity contribution in [2.75, 3.05) is 22.2 Å². The van der Waals surface area contributed by atoms with Crippen molar-refractivity contribution in [1.29, 1.82) is 0 Å². The van der Waals surface area contributed by atoms with Crippen LogP contribution in [-0.2, 0) is 15.3 Å². The van der Waals surface area contributed by atoms with E-state index in [0.29, 0.717) is 6.42 Å². The summed E-state index contributed by atoms with van der Waals surface area (Å²) in [5.41, 5.74) is 1.16. The highest BCUT2D eigenvalue weighted by atomic mass is 79.9. The van der Waals surface area contributed by atoms with Crippen LogP contribution in [0.1, 0.15) is 25.3 Å². The third-order valence-corrected chi connectivity index (χ3v) is 7.98. The van der Waals surface area contributed by atoms with E-state index in [0.717, 1.165) is 21.6 Å². The Morgan fingerprint density at radius 3 is 2.10 bits per heavy atom. The van der Waals surface area contributed by atoms with Gasteiger partial charge < -0.3 is 0 Å². The minimum absolute atomic E-state index is 0.0655. The molecule has 2 nitrogen and oxygen atoms in total. The molecule has 0 heterocycles. The van der Waals surface area contributed by atoms with Gasteiger partial charge >= 0.3 is 0 Å². The molecule has 0 fully saturated rings. The molecule has 6 heteroatoms. The van der Waals surface area contributed by atoms with Crippen LogP contribution in [0.3, 0.4) is 0 Å². The van der Waals surface area contributed by atoms with Crippen LogP contribution in [-0.4, -0.2) is 30.6 Å². The van der Waals surface area contributed by atoms with Gasteiger partial charge in [-0.25, -0.2) is 8.42 Å². The second-order valence-corrected chi connectivity index (χ2v) is 9.40. The largest absolute Gasteiger partial charge is 0.229 e. The van der Waals surface area contributed by atoms with E-state index in [1.807, 2.05) is 12.1 Å². The van der Waals surface area contributed by atoms with Gasteiger partial charge in [0.1, 0.15) is 9.84 Å². The molecule has 0 radical (unpaired) electrons. The standard InChI is InChI=1S/C14H19Br3O2S/c1-2-20(18,19)9-3-8-14(10-15,11-16)12-4-6-13(17)7-5-12/h4-7H,2-3,8-11H2,1H3. The SMILES string of the molecule is CCS(=O)(=O)CCCC(CBr)(CBr)c1ccc(Br)cc1. The molecular formula is C14H19Br3O2S. The van der Waals surface area contributed by atoms with Crippen molar-refractivity contribution >= 4 is 57.6 Å². The molecule has 0 aliphatic carbocycles. The maximum Gasteiger partial charge on any atom is 0.150 e. The third-order valence-electron chi connectivity index (χ3n) is 3.52. The molecule has 1 rings (SSSR count). The van der Waals surface area contributed by atoms with E-state index in [2.05, 4.69) is 59.9 Å². The van der Waals surface area contributed by atoms with Crippen LogP contribution in [0.4, 0.5) is 0 Å². The van der Waals surface area contributed by atoms with Gasteiger partial charge in [-0.3, -0.25) is 0 Å². The number of sulfone groups is 1. The fraction of sp³-hybridized carbons (Fsp3) is 0.571. The van der Waals surface area contributed by atoms with Crippen LogP contribution in [0.25, 0.3) is 0 Å². The molecule has 0 aromatic heterocycles. The first-order valence-electron chi connectivity index (χ1n) is 6.47. The topological polar surface area (TPSA) is 34.1 Å². The number of hydrogen-bond donors (Lipinski definition) is 0. The van der Waals surface area contributed by atoms with Gasteiger partial charge in [0.2, 0.25) is 0 Å². The van der Waals surface area contributed by atoms with Crippen molar-refractivity contribution in [1.82, 2.24) is 0 Å². The predicted molar refractivity (Wildman–Crippen MR) is 97.0 cm³/mol. The van der Waals surface area contributed by atoms with Crippen LogP contribution >= 0.6 is 47.8 Å². The lowest BCUT2D eigenvalue weighted by molar-refractivity contribution is 0.495. The van der Waals surface area contributed by atoms with Crippen LogP contribution in [0.2, 0.25) is 0 Å². The zero-order valence-electron chi connectivity index (χ0n) is 11.4. The smallest absolute Gasteiger partial charge is 0.150 e. The van der Waals surface area contributed by atoms with Gasteiger partial charge in [-0.05, 0) is 30.5 Å². The van der Waals surface area contributed by atoms with Crippen LogP contribution in [0.5, 0.6) is 0 Å². The third kappa shape index (κ3) is 5.11. The molecule has 20 heavy (non-hydrogen) atoms. The van der Waals surface area contributed by atoms with E-state index in [9.17, 15) is 8.42 Å². The highest BCUT2D eigenvalue weighted by Crippen LogP contribution is 2.34. The predicted octanol–water partition coefficient (Wildman–Crippen LogP) is 4.69. The van der Waals surface area contributed by atoms with E-state index in [1.165, 1.54) is 5.56 Å². The number of rotatable bonds is 8. The highest BCUT2D eigenvalue weighted by Gasteiger charge is 2.30. The number of halogens is 3. The van der Waals surface area contributed by atoms with Gasteiger partial charge in [-0.1, -0.05) is 66.8 Å². The Labute approximate surface area is 147 Å². The molecule has 0 spiro atoms. The van der Waals surface area contributed by atoms with E-state index >= 15 is 0 Å². The van der Waals surface area contributed by atoms with Crippen molar-refractivity contribution in [2.24, 2.45) is 0 Å². The van der Waals surface area contributed by atoms with E-state index in [1.54, 1.807) is 6.92 Å². The summed E-state index contributed by atoms with van der Waals surface area (Å²) in [6.45, 7) is 1.70. The first kappa shape index (κ1) is 18.7. The molecule has 0 saturated carbocycles. The monoisotopic (exact) mass is 488 g/mol. The van der Waals surface area contributed by atoms with Crippen molar-refractivity contribution < 1.29 is 8.42 Å². The molecule has 0 saturated heterocycles. The molecule has 1 aromatic rings. The lowest BCUT2D eigenvalue weighted by atomic mass is 9.80. The van der Waals surface area contributed by atoms with Gasteiger partial charge in [0.05, 0.1) is 5.75 Å². The Kier molecular flexibility index (Phi) is 7.74. The Morgan fingerprint density at radius 1 is 1.10 bits per heavy atom. The molecule has 0 atom stereocenters. The Bertz CT molecular complexity index is 508. The number of hydrogen-bond acceptors (Lipinski definition) is 2. The van der Waals surface area contributed by atoms with Crippen LogP contribution in [0, 0.1) is 0 Å². The molecule has 0 aliphatic rings. The van der Waals surface area contributed by atoms with Gasteiger partial charge in [-0.2, -0.15) is 0 Å². The second-order valence-electron chi connectivity index (χ2n) is 4.89. The zero-order valence-corrected chi connectivity index (χ0v) is 17.0. The number of alkyl halides is 2. The summed E-state index contributed by atoms with van der Waals surface area (Å²) in [6.07, 6.45) is 1.52. The lowest BCUT2D eigenvalue weighted by Gasteiger charge is -2.31. The Hall–Kier alpha value is 0.610. The van der Waals surface area contributed by atoms with Crippen LogP contribution in [0.15, 0.2) is 28.7 Å². The summed E-state index contributed by atoms with van der Waals surface area (Å²) in [6, 6.07) is 8.25.